The molecular weight excluding hydrogens is 248 g/mol. The van der Waals surface area contributed by atoms with E-state index < -0.39 is 0 Å². The largest absolute Gasteiger partial charge is 0.508 e. The topological polar surface area (TPSA) is 40.5 Å². The van der Waals surface area contributed by atoms with E-state index in [1.54, 1.807) is 12.1 Å². The first-order chi connectivity index (χ1) is 9.62. The van der Waals surface area contributed by atoms with Gasteiger partial charge in [0, 0.05) is 11.6 Å². The molecule has 106 valence electrons. The zero-order valence-corrected chi connectivity index (χ0v) is 12.4. The van der Waals surface area contributed by atoms with Crippen LogP contribution >= 0.6 is 0 Å². The molecule has 0 aliphatic heterocycles. The van der Waals surface area contributed by atoms with Gasteiger partial charge in [-0.3, -0.25) is 0 Å². The molecule has 0 spiro atoms. The Labute approximate surface area is 120 Å². The molecule has 0 unspecified atom stereocenters. The molecule has 0 saturated heterocycles. The van der Waals surface area contributed by atoms with E-state index in [0.717, 1.165) is 30.4 Å². The summed E-state index contributed by atoms with van der Waals surface area (Å²) in [6, 6.07) is 9.19. The molecular formula is C18H22O2. The average Bonchev–Trinajstić information content (AvgIpc) is 2.45. The van der Waals surface area contributed by atoms with Crippen LogP contribution in [0.5, 0.6) is 11.5 Å². The van der Waals surface area contributed by atoms with Gasteiger partial charge in [-0.15, -0.1) is 0 Å². The van der Waals surface area contributed by atoms with E-state index in [0.29, 0.717) is 0 Å². The Morgan fingerprint density at radius 2 is 1.45 bits per heavy atom. The number of rotatable bonds is 4. The van der Waals surface area contributed by atoms with E-state index in [1.807, 2.05) is 0 Å². The highest BCUT2D eigenvalue weighted by Crippen LogP contribution is 2.38. The van der Waals surface area contributed by atoms with Gasteiger partial charge in [-0.2, -0.15) is 0 Å². The second-order valence-corrected chi connectivity index (χ2v) is 5.00. The molecule has 2 heteroatoms. The molecule has 0 aromatic heterocycles. The maximum atomic E-state index is 10.2. The molecule has 0 aliphatic carbocycles. The summed E-state index contributed by atoms with van der Waals surface area (Å²) in [4.78, 5) is 0. The number of phenolic OH excluding ortho intramolecular Hbond substituents is 2. The Hall–Kier alpha value is -1.96. The third-order valence-corrected chi connectivity index (χ3v) is 3.86. The third-order valence-electron chi connectivity index (χ3n) is 3.86. The monoisotopic (exact) mass is 270 g/mol. The van der Waals surface area contributed by atoms with Crippen molar-refractivity contribution in [2.45, 2.75) is 40.0 Å². The lowest BCUT2D eigenvalue weighted by Crippen LogP contribution is -2.00. The van der Waals surface area contributed by atoms with E-state index in [4.69, 9.17) is 0 Å². The minimum Gasteiger partial charge on any atom is -0.508 e. The van der Waals surface area contributed by atoms with Crippen LogP contribution in [-0.4, -0.2) is 10.2 Å². The van der Waals surface area contributed by atoms with E-state index in [9.17, 15) is 10.2 Å². The predicted octanol–water partition coefficient (Wildman–Crippen LogP) is 4.45. The van der Waals surface area contributed by atoms with Crippen molar-refractivity contribution < 1.29 is 10.2 Å². The fourth-order valence-corrected chi connectivity index (χ4v) is 2.84. The summed E-state index contributed by atoms with van der Waals surface area (Å²) in [5, 5.41) is 19.7. The summed E-state index contributed by atoms with van der Waals surface area (Å²) in [6.45, 7) is 6.43. The number of hydrogen-bond donors (Lipinski definition) is 2. The maximum absolute atomic E-state index is 10.2. The first-order valence-corrected chi connectivity index (χ1v) is 7.28. The molecule has 0 atom stereocenters. The first-order valence-electron chi connectivity index (χ1n) is 7.28. The van der Waals surface area contributed by atoms with Crippen LogP contribution < -0.4 is 0 Å². The van der Waals surface area contributed by atoms with Gasteiger partial charge in [0.2, 0.25) is 0 Å². The number of phenols is 2. The van der Waals surface area contributed by atoms with Crippen molar-refractivity contribution >= 4 is 0 Å². The molecule has 2 rings (SSSR count). The van der Waals surface area contributed by atoms with E-state index in [1.165, 1.54) is 22.8 Å². The number of benzene rings is 2. The van der Waals surface area contributed by atoms with Gasteiger partial charge in [0.15, 0.2) is 0 Å². The van der Waals surface area contributed by atoms with Crippen LogP contribution in [0.15, 0.2) is 30.3 Å². The van der Waals surface area contributed by atoms with Gasteiger partial charge >= 0.3 is 0 Å². The van der Waals surface area contributed by atoms with Crippen molar-refractivity contribution in [3.63, 3.8) is 0 Å². The molecule has 2 nitrogen and oxygen atoms in total. The maximum Gasteiger partial charge on any atom is 0.127 e. The molecule has 20 heavy (non-hydrogen) atoms. The Bertz CT molecular complexity index is 615. The average molecular weight is 270 g/mol. The van der Waals surface area contributed by atoms with Crippen molar-refractivity contribution in [1.29, 1.82) is 0 Å². The van der Waals surface area contributed by atoms with E-state index in [-0.39, 0.29) is 11.5 Å². The van der Waals surface area contributed by atoms with Gasteiger partial charge in [-0.05, 0) is 53.6 Å². The van der Waals surface area contributed by atoms with Crippen molar-refractivity contribution in [2.24, 2.45) is 0 Å². The highest BCUT2D eigenvalue weighted by Gasteiger charge is 2.15. The fraction of sp³-hybridized carbons (Fsp3) is 0.333. The Morgan fingerprint density at radius 1 is 0.800 bits per heavy atom. The van der Waals surface area contributed by atoms with Crippen molar-refractivity contribution in [3.05, 3.63) is 47.0 Å². The molecule has 2 N–H and O–H groups in total. The van der Waals surface area contributed by atoms with Gasteiger partial charge in [-0.1, -0.05) is 32.9 Å². The normalized spacial score (nSPS) is 10.8. The Balaban J connectivity index is 2.76. The van der Waals surface area contributed by atoms with Gasteiger partial charge in [-0.25, -0.2) is 0 Å². The van der Waals surface area contributed by atoms with Gasteiger partial charge < -0.3 is 10.2 Å². The molecule has 0 radical (unpaired) electrons. The fourth-order valence-electron chi connectivity index (χ4n) is 2.84. The summed E-state index contributed by atoms with van der Waals surface area (Å²) in [7, 11) is 0. The van der Waals surface area contributed by atoms with Crippen LogP contribution in [0, 0.1) is 0 Å². The number of hydrogen-bond acceptors (Lipinski definition) is 2. The summed E-state index contributed by atoms with van der Waals surface area (Å²) in [5.41, 5.74) is 5.80. The summed E-state index contributed by atoms with van der Waals surface area (Å²) < 4.78 is 0. The summed E-state index contributed by atoms with van der Waals surface area (Å²) >= 11 is 0. The Morgan fingerprint density at radius 3 is 2.00 bits per heavy atom. The quantitative estimate of drug-likeness (QED) is 0.861. The van der Waals surface area contributed by atoms with Crippen molar-refractivity contribution in [2.75, 3.05) is 0 Å². The van der Waals surface area contributed by atoms with Crippen LogP contribution in [-0.2, 0) is 19.3 Å². The lowest BCUT2D eigenvalue weighted by Gasteiger charge is -2.18. The van der Waals surface area contributed by atoms with Crippen molar-refractivity contribution in [1.82, 2.24) is 0 Å². The zero-order chi connectivity index (χ0) is 14.7. The van der Waals surface area contributed by atoms with Gasteiger partial charge in [0.1, 0.15) is 11.5 Å². The molecule has 2 aromatic carbocycles. The lowest BCUT2D eigenvalue weighted by atomic mass is 9.87. The Kier molecular flexibility index (Phi) is 4.33. The van der Waals surface area contributed by atoms with Gasteiger partial charge in [0.05, 0.1) is 0 Å². The van der Waals surface area contributed by atoms with Crippen LogP contribution in [0.3, 0.4) is 0 Å². The summed E-state index contributed by atoms with van der Waals surface area (Å²) in [6.07, 6.45) is 2.85. The van der Waals surface area contributed by atoms with E-state index in [2.05, 4.69) is 32.9 Å². The molecule has 0 saturated carbocycles. The van der Waals surface area contributed by atoms with Gasteiger partial charge in [0.25, 0.3) is 0 Å². The third kappa shape index (κ3) is 2.51. The smallest absolute Gasteiger partial charge is 0.127 e. The van der Waals surface area contributed by atoms with Crippen LogP contribution in [0.1, 0.15) is 37.5 Å². The lowest BCUT2D eigenvalue weighted by molar-refractivity contribution is 0.452. The highest BCUT2D eigenvalue weighted by atomic mass is 16.3. The van der Waals surface area contributed by atoms with Crippen LogP contribution in [0.25, 0.3) is 11.1 Å². The highest BCUT2D eigenvalue weighted by molar-refractivity contribution is 5.78. The van der Waals surface area contributed by atoms with Crippen molar-refractivity contribution in [3.8, 4) is 22.6 Å². The van der Waals surface area contributed by atoms with Crippen LogP contribution in [0.4, 0.5) is 0 Å². The minimum atomic E-state index is 0.0917. The molecule has 0 bridgehead atoms. The summed E-state index contributed by atoms with van der Waals surface area (Å²) in [5.74, 6) is 0.233. The second-order valence-electron chi connectivity index (χ2n) is 5.00. The number of aryl methyl sites for hydroxylation is 2. The molecule has 0 amide bonds. The SMILES string of the molecule is CCc1ccc(CC)c(-c2ccc(O)cc2O)c1CC. The zero-order valence-electron chi connectivity index (χ0n) is 12.4. The number of aromatic hydroxyl groups is 2. The standard InChI is InChI=1S/C18H22O2/c1-4-12-7-8-13(5-2)18(15(12)6-3)16-10-9-14(19)11-17(16)20/h7-11,19-20H,4-6H2,1-3H3. The molecule has 0 aliphatic rings. The molecule has 2 aromatic rings. The first kappa shape index (κ1) is 14.4. The molecule has 0 heterocycles. The second kappa shape index (κ2) is 6.00. The minimum absolute atomic E-state index is 0.0917. The van der Waals surface area contributed by atoms with Crippen LogP contribution in [0.2, 0.25) is 0 Å². The molecule has 0 fully saturated rings. The predicted molar refractivity (Wildman–Crippen MR) is 83.3 cm³/mol. The van der Waals surface area contributed by atoms with E-state index >= 15 is 0 Å².